The Labute approximate surface area is 81.3 Å². The highest BCUT2D eigenvalue weighted by Gasteiger charge is 2.19. The molecule has 0 aromatic carbocycles. The molecule has 0 aliphatic carbocycles. The first-order valence-electron chi connectivity index (χ1n) is 5.49. The first-order valence-corrected chi connectivity index (χ1v) is 5.49. The van der Waals surface area contributed by atoms with Gasteiger partial charge in [-0.25, -0.2) is 0 Å². The molecular weight excluding hydrogens is 162 g/mol. The minimum Gasteiger partial charge on any atom is -0.301 e. The number of carbonyl (C=O) groups is 1. The Bertz CT molecular complexity index is 167. The molecule has 1 saturated heterocycles. The van der Waals surface area contributed by atoms with Crippen molar-refractivity contribution in [3.63, 3.8) is 0 Å². The predicted octanol–water partition coefficient (Wildman–Crippen LogP) is 2.23. The number of carbonyl (C=O) groups excluding carboxylic acids is 1. The Morgan fingerprint density at radius 3 is 2.85 bits per heavy atom. The zero-order valence-electron chi connectivity index (χ0n) is 8.88. The Hall–Kier alpha value is -0.370. The normalized spacial score (nSPS) is 23.7. The van der Waals surface area contributed by atoms with Crippen LogP contribution >= 0.6 is 0 Å². The Morgan fingerprint density at radius 1 is 1.54 bits per heavy atom. The predicted molar refractivity (Wildman–Crippen MR) is 54.8 cm³/mol. The summed E-state index contributed by atoms with van der Waals surface area (Å²) in [5.41, 5.74) is 0. The van der Waals surface area contributed by atoms with Crippen molar-refractivity contribution in [3.8, 4) is 0 Å². The maximum Gasteiger partial charge on any atom is 0.132 e. The number of hydrogen-bond acceptors (Lipinski definition) is 2. The van der Waals surface area contributed by atoms with E-state index in [1.807, 2.05) is 6.92 Å². The fourth-order valence-corrected chi connectivity index (χ4v) is 1.98. The van der Waals surface area contributed by atoms with E-state index in [9.17, 15) is 4.79 Å². The zero-order valence-corrected chi connectivity index (χ0v) is 8.88. The van der Waals surface area contributed by atoms with E-state index in [-0.39, 0.29) is 0 Å². The van der Waals surface area contributed by atoms with Gasteiger partial charge in [-0.05, 0) is 39.3 Å². The van der Waals surface area contributed by atoms with Crippen LogP contribution in [0.1, 0.15) is 46.0 Å². The van der Waals surface area contributed by atoms with Crippen molar-refractivity contribution in [1.82, 2.24) is 4.90 Å². The summed E-state index contributed by atoms with van der Waals surface area (Å²) < 4.78 is 0. The lowest BCUT2D eigenvalue weighted by Crippen LogP contribution is -2.28. The van der Waals surface area contributed by atoms with Gasteiger partial charge in [0.25, 0.3) is 0 Å². The van der Waals surface area contributed by atoms with E-state index in [0.29, 0.717) is 12.2 Å². The van der Waals surface area contributed by atoms with Gasteiger partial charge in [0.05, 0.1) is 0 Å². The molecule has 1 atom stereocenters. The van der Waals surface area contributed by atoms with Gasteiger partial charge in [0.1, 0.15) is 5.78 Å². The van der Waals surface area contributed by atoms with E-state index in [0.717, 1.165) is 25.4 Å². The summed E-state index contributed by atoms with van der Waals surface area (Å²) in [6.07, 6.45) is 5.21. The van der Waals surface area contributed by atoms with Crippen molar-refractivity contribution < 1.29 is 4.79 Å². The Kier molecular flexibility index (Phi) is 4.43. The maximum absolute atomic E-state index is 11.0. The van der Waals surface area contributed by atoms with Crippen LogP contribution < -0.4 is 0 Å². The molecule has 0 aromatic rings. The molecule has 2 heteroatoms. The molecule has 2 nitrogen and oxygen atoms in total. The minimum absolute atomic E-state index is 0.409. The van der Waals surface area contributed by atoms with E-state index in [1.165, 1.54) is 19.4 Å². The highest BCUT2D eigenvalue weighted by Crippen LogP contribution is 2.16. The van der Waals surface area contributed by atoms with E-state index in [1.54, 1.807) is 0 Å². The average Bonchev–Trinajstić information content (AvgIpc) is 2.52. The lowest BCUT2D eigenvalue weighted by Gasteiger charge is -2.20. The fraction of sp³-hybridized carbons (Fsp3) is 0.909. The summed E-state index contributed by atoms with van der Waals surface area (Å²) in [4.78, 5) is 13.6. The smallest absolute Gasteiger partial charge is 0.132 e. The molecule has 76 valence electrons. The average molecular weight is 183 g/mol. The molecule has 1 aliphatic heterocycles. The van der Waals surface area contributed by atoms with Gasteiger partial charge in [0, 0.05) is 18.9 Å². The summed E-state index contributed by atoms with van der Waals surface area (Å²) in [7, 11) is 0. The number of Topliss-reactive ketones (excluding diaryl/α,β-unsaturated/α-hetero) is 1. The Morgan fingerprint density at radius 2 is 2.31 bits per heavy atom. The monoisotopic (exact) mass is 183 g/mol. The van der Waals surface area contributed by atoms with Crippen molar-refractivity contribution in [2.75, 3.05) is 13.1 Å². The van der Waals surface area contributed by atoms with Crippen molar-refractivity contribution in [3.05, 3.63) is 0 Å². The molecular formula is C11H21NO. The van der Waals surface area contributed by atoms with Gasteiger partial charge in [-0.2, -0.15) is 0 Å². The van der Waals surface area contributed by atoms with Crippen LogP contribution in [0.4, 0.5) is 0 Å². The van der Waals surface area contributed by atoms with E-state index >= 15 is 0 Å². The highest BCUT2D eigenvalue weighted by atomic mass is 16.1. The van der Waals surface area contributed by atoms with Crippen molar-refractivity contribution in [2.24, 2.45) is 0 Å². The fourth-order valence-electron chi connectivity index (χ4n) is 1.98. The molecule has 1 unspecified atom stereocenters. The van der Waals surface area contributed by atoms with Crippen LogP contribution in [0, 0.1) is 0 Å². The van der Waals surface area contributed by atoms with Crippen LogP contribution in [0.15, 0.2) is 0 Å². The summed E-state index contributed by atoms with van der Waals surface area (Å²) in [5.74, 6) is 0.409. The molecule has 0 amide bonds. The molecule has 1 fully saturated rings. The van der Waals surface area contributed by atoms with Crippen LogP contribution in [0.5, 0.6) is 0 Å². The van der Waals surface area contributed by atoms with Crippen LogP contribution in [-0.4, -0.2) is 29.8 Å². The van der Waals surface area contributed by atoms with Crippen molar-refractivity contribution >= 4 is 5.78 Å². The third kappa shape index (κ3) is 3.47. The first-order chi connectivity index (χ1) is 6.24. The van der Waals surface area contributed by atoms with Gasteiger partial charge in [0.15, 0.2) is 0 Å². The maximum atomic E-state index is 11.0. The quantitative estimate of drug-likeness (QED) is 0.651. The number of nitrogens with zero attached hydrogens (tertiary/aromatic N) is 1. The lowest BCUT2D eigenvalue weighted by molar-refractivity contribution is -0.118. The lowest BCUT2D eigenvalue weighted by atomic mass is 10.1. The molecule has 1 rings (SSSR count). The third-order valence-electron chi connectivity index (χ3n) is 2.99. The van der Waals surface area contributed by atoms with Gasteiger partial charge in [-0.15, -0.1) is 0 Å². The number of hydrogen-bond donors (Lipinski definition) is 0. The van der Waals surface area contributed by atoms with Crippen molar-refractivity contribution in [1.29, 1.82) is 0 Å². The first kappa shape index (κ1) is 10.7. The molecule has 0 spiro atoms. The van der Waals surface area contributed by atoms with E-state index < -0.39 is 0 Å². The van der Waals surface area contributed by atoms with Crippen LogP contribution in [0.2, 0.25) is 0 Å². The van der Waals surface area contributed by atoms with Crippen LogP contribution in [0.3, 0.4) is 0 Å². The molecule has 1 aliphatic rings. The number of likely N-dealkylation sites (tertiary alicyclic amines) is 1. The molecule has 0 radical (unpaired) electrons. The second-order valence-corrected chi connectivity index (χ2v) is 4.02. The summed E-state index contributed by atoms with van der Waals surface area (Å²) in [5, 5.41) is 0. The minimum atomic E-state index is 0.409. The van der Waals surface area contributed by atoms with Gasteiger partial charge < -0.3 is 4.90 Å². The topological polar surface area (TPSA) is 20.3 Å². The summed E-state index contributed by atoms with van der Waals surface area (Å²) in [6.45, 7) is 6.59. The second kappa shape index (κ2) is 5.38. The SMILES string of the molecule is CCC(=O)CCCN1CCCC1C. The molecule has 13 heavy (non-hydrogen) atoms. The van der Waals surface area contributed by atoms with Crippen molar-refractivity contribution in [2.45, 2.75) is 52.0 Å². The van der Waals surface area contributed by atoms with Gasteiger partial charge >= 0.3 is 0 Å². The summed E-state index contributed by atoms with van der Waals surface area (Å²) in [6, 6.07) is 0.747. The standard InChI is InChI=1S/C11H21NO/c1-3-11(13)7-5-9-12-8-4-6-10(12)2/h10H,3-9H2,1-2H3. The molecule has 0 N–H and O–H groups in total. The van der Waals surface area contributed by atoms with Gasteiger partial charge in [-0.3, -0.25) is 4.79 Å². The van der Waals surface area contributed by atoms with Gasteiger partial charge in [0.2, 0.25) is 0 Å². The largest absolute Gasteiger partial charge is 0.301 e. The van der Waals surface area contributed by atoms with E-state index in [2.05, 4.69) is 11.8 Å². The van der Waals surface area contributed by atoms with Gasteiger partial charge in [-0.1, -0.05) is 6.92 Å². The molecule has 0 saturated carbocycles. The van der Waals surface area contributed by atoms with E-state index in [4.69, 9.17) is 0 Å². The molecule has 0 bridgehead atoms. The highest BCUT2D eigenvalue weighted by molar-refractivity contribution is 5.77. The van der Waals surface area contributed by atoms with Crippen LogP contribution in [0.25, 0.3) is 0 Å². The molecule has 1 heterocycles. The Balaban J connectivity index is 2.08. The zero-order chi connectivity index (χ0) is 9.68. The number of rotatable bonds is 5. The van der Waals surface area contributed by atoms with Crippen LogP contribution in [-0.2, 0) is 4.79 Å². The second-order valence-electron chi connectivity index (χ2n) is 4.02. The molecule has 0 aromatic heterocycles. The number of ketones is 1. The third-order valence-corrected chi connectivity index (χ3v) is 2.99. The summed E-state index contributed by atoms with van der Waals surface area (Å²) >= 11 is 0.